The van der Waals surface area contributed by atoms with Gasteiger partial charge in [-0.3, -0.25) is 0 Å². The molecule has 2 N–H and O–H groups in total. The molecule has 1 aromatic carbocycles. The summed E-state index contributed by atoms with van der Waals surface area (Å²) in [5.74, 6) is -0.401. The molecular formula is C8H5Cl2FN4. The standard InChI is InChI=1S/C8H5Cl2FN4/c9-5-1-4(2-6(10)8(5)11)15-3-7(12)13-14-15/h1-3H,12H2. The fourth-order valence-electron chi connectivity index (χ4n) is 1.08. The van der Waals surface area contributed by atoms with Gasteiger partial charge in [-0.25, -0.2) is 9.07 Å². The number of hydrogen-bond donors (Lipinski definition) is 1. The summed E-state index contributed by atoms with van der Waals surface area (Å²) >= 11 is 11.2. The van der Waals surface area contributed by atoms with Gasteiger partial charge >= 0.3 is 0 Å². The summed E-state index contributed by atoms with van der Waals surface area (Å²) in [4.78, 5) is 0. The van der Waals surface area contributed by atoms with Gasteiger partial charge in [-0.2, -0.15) is 0 Å². The molecule has 7 heteroatoms. The van der Waals surface area contributed by atoms with Crippen molar-refractivity contribution in [2.45, 2.75) is 0 Å². The van der Waals surface area contributed by atoms with Crippen LogP contribution in [0.4, 0.5) is 10.2 Å². The second-order valence-corrected chi connectivity index (χ2v) is 3.63. The maximum absolute atomic E-state index is 13.1. The molecule has 0 radical (unpaired) electrons. The molecular weight excluding hydrogens is 242 g/mol. The van der Waals surface area contributed by atoms with Crippen molar-refractivity contribution >= 4 is 29.0 Å². The number of nitrogens with zero attached hydrogens (tertiary/aromatic N) is 3. The van der Waals surface area contributed by atoms with E-state index in [0.29, 0.717) is 5.69 Å². The van der Waals surface area contributed by atoms with Crippen LogP contribution in [0.15, 0.2) is 18.3 Å². The Bertz CT molecular complexity index is 488. The Morgan fingerprint density at radius 1 is 1.27 bits per heavy atom. The van der Waals surface area contributed by atoms with Crippen molar-refractivity contribution in [1.29, 1.82) is 0 Å². The second-order valence-electron chi connectivity index (χ2n) is 2.81. The van der Waals surface area contributed by atoms with E-state index >= 15 is 0 Å². The summed E-state index contributed by atoms with van der Waals surface area (Å²) in [7, 11) is 0. The van der Waals surface area contributed by atoms with Crippen LogP contribution in [0.25, 0.3) is 5.69 Å². The number of halogens is 3. The predicted molar refractivity (Wildman–Crippen MR) is 55.7 cm³/mol. The number of aromatic nitrogens is 3. The highest BCUT2D eigenvalue weighted by Crippen LogP contribution is 2.26. The molecule has 0 fully saturated rings. The van der Waals surface area contributed by atoms with Crippen LogP contribution in [0.5, 0.6) is 0 Å². The monoisotopic (exact) mass is 246 g/mol. The van der Waals surface area contributed by atoms with Crippen LogP contribution in [0, 0.1) is 5.82 Å². The van der Waals surface area contributed by atoms with Gasteiger partial charge in [-0.15, -0.1) is 5.10 Å². The van der Waals surface area contributed by atoms with Crippen molar-refractivity contribution < 1.29 is 4.39 Å². The fraction of sp³-hybridized carbons (Fsp3) is 0. The molecule has 0 saturated heterocycles. The maximum atomic E-state index is 13.1. The summed E-state index contributed by atoms with van der Waals surface area (Å²) < 4.78 is 14.5. The minimum Gasteiger partial charge on any atom is -0.381 e. The first-order chi connectivity index (χ1) is 7.08. The Morgan fingerprint density at radius 2 is 1.87 bits per heavy atom. The van der Waals surface area contributed by atoms with Crippen LogP contribution in [-0.4, -0.2) is 15.0 Å². The first-order valence-corrected chi connectivity index (χ1v) is 4.66. The van der Waals surface area contributed by atoms with E-state index in [9.17, 15) is 4.39 Å². The van der Waals surface area contributed by atoms with Crippen molar-refractivity contribution in [3.8, 4) is 5.69 Å². The summed E-state index contributed by atoms with van der Waals surface area (Å²) in [6.45, 7) is 0. The zero-order valence-electron chi connectivity index (χ0n) is 7.28. The van der Waals surface area contributed by atoms with Gasteiger partial charge in [0.2, 0.25) is 0 Å². The molecule has 4 nitrogen and oxygen atoms in total. The van der Waals surface area contributed by atoms with Gasteiger partial charge < -0.3 is 5.73 Å². The lowest BCUT2D eigenvalue weighted by molar-refractivity contribution is 0.627. The summed E-state index contributed by atoms with van der Waals surface area (Å²) in [5, 5.41) is 7.13. The van der Waals surface area contributed by atoms with Crippen LogP contribution in [0.3, 0.4) is 0 Å². The molecule has 0 aliphatic carbocycles. The van der Waals surface area contributed by atoms with E-state index in [-0.39, 0.29) is 15.9 Å². The Kier molecular flexibility index (Phi) is 2.50. The summed E-state index contributed by atoms with van der Waals surface area (Å²) in [6.07, 6.45) is 1.47. The average Bonchev–Trinajstić information content (AvgIpc) is 2.60. The molecule has 2 aromatic rings. The lowest BCUT2D eigenvalue weighted by atomic mass is 10.3. The third-order valence-corrected chi connectivity index (χ3v) is 2.29. The topological polar surface area (TPSA) is 56.7 Å². The smallest absolute Gasteiger partial charge is 0.166 e. The van der Waals surface area contributed by atoms with Crippen LogP contribution >= 0.6 is 23.2 Å². The van der Waals surface area contributed by atoms with E-state index in [1.807, 2.05) is 0 Å². The molecule has 0 unspecified atom stereocenters. The molecule has 0 saturated carbocycles. The minimum absolute atomic E-state index is 0.0772. The zero-order chi connectivity index (χ0) is 11.0. The lowest BCUT2D eigenvalue weighted by Crippen LogP contribution is -1.96. The predicted octanol–water partition coefficient (Wildman–Crippen LogP) is 2.30. The van der Waals surface area contributed by atoms with Crippen molar-refractivity contribution in [3.05, 3.63) is 34.2 Å². The third kappa shape index (κ3) is 1.88. The Hall–Kier alpha value is -1.33. The molecule has 2 rings (SSSR count). The van der Waals surface area contributed by atoms with E-state index in [2.05, 4.69) is 10.3 Å². The van der Waals surface area contributed by atoms with E-state index in [1.54, 1.807) is 0 Å². The first-order valence-electron chi connectivity index (χ1n) is 3.90. The number of anilines is 1. The molecule has 0 amide bonds. The highest BCUT2D eigenvalue weighted by atomic mass is 35.5. The van der Waals surface area contributed by atoms with E-state index in [1.165, 1.54) is 23.0 Å². The number of benzene rings is 1. The normalized spacial score (nSPS) is 10.6. The molecule has 0 aliphatic heterocycles. The Morgan fingerprint density at radius 3 is 2.33 bits per heavy atom. The lowest BCUT2D eigenvalue weighted by Gasteiger charge is -2.03. The van der Waals surface area contributed by atoms with Crippen LogP contribution in [0.2, 0.25) is 10.0 Å². The van der Waals surface area contributed by atoms with E-state index in [4.69, 9.17) is 28.9 Å². The van der Waals surface area contributed by atoms with Gasteiger partial charge in [0.1, 0.15) is 0 Å². The van der Waals surface area contributed by atoms with Crippen molar-refractivity contribution in [3.63, 3.8) is 0 Å². The molecule has 1 heterocycles. The van der Waals surface area contributed by atoms with E-state index in [0.717, 1.165) is 0 Å². The van der Waals surface area contributed by atoms with Gasteiger partial charge in [-0.05, 0) is 12.1 Å². The molecule has 1 aromatic heterocycles. The number of nitrogen functional groups attached to an aromatic ring is 1. The van der Waals surface area contributed by atoms with Crippen molar-refractivity contribution in [2.75, 3.05) is 5.73 Å². The van der Waals surface area contributed by atoms with Crippen LogP contribution in [-0.2, 0) is 0 Å². The van der Waals surface area contributed by atoms with E-state index < -0.39 is 5.82 Å². The second kappa shape index (κ2) is 3.67. The molecule has 0 atom stereocenters. The fourth-order valence-corrected chi connectivity index (χ4v) is 1.55. The highest BCUT2D eigenvalue weighted by Gasteiger charge is 2.09. The Labute approximate surface area is 94.4 Å². The average molecular weight is 247 g/mol. The molecule has 0 spiro atoms. The highest BCUT2D eigenvalue weighted by molar-refractivity contribution is 6.35. The number of nitrogens with two attached hydrogens (primary N) is 1. The number of hydrogen-bond acceptors (Lipinski definition) is 3. The Balaban J connectivity index is 2.55. The third-order valence-electron chi connectivity index (χ3n) is 1.74. The maximum Gasteiger partial charge on any atom is 0.166 e. The molecule has 78 valence electrons. The van der Waals surface area contributed by atoms with Gasteiger partial charge in [0.25, 0.3) is 0 Å². The minimum atomic E-state index is -0.657. The van der Waals surface area contributed by atoms with Crippen molar-refractivity contribution in [1.82, 2.24) is 15.0 Å². The summed E-state index contributed by atoms with van der Waals surface area (Å²) in [6, 6.07) is 2.77. The summed E-state index contributed by atoms with van der Waals surface area (Å²) in [5.41, 5.74) is 5.88. The molecule has 0 aliphatic rings. The van der Waals surface area contributed by atoms with Crippen molar-refractivity contribution in [2.24, 2.45) is 0 Å². The largest absolute Gasteiger partial charge is 0.381 e. The SMILES string of the molecule is Nc1cn(-c2cc(Cl)c(F)c(Cl)c2)nn1. The van der Waals surface area contributed by atoms with Crippen LogP contribution < -0.4 is 5.73 Å². The molecule has 15 heavy (non-hydrogen) atoms. The van der Waals surface area contributed by atoms with Crippen LogP contribution in [0.1, 0.15) is 0 Å². The molecule has 0 bridgehead atoms. The quantitative estimate of drug-likeness (QED) is 0.786. The van der Waals surface area contributed by atoms with Gasteiger partial charge in [0.15, 0.2) is 11.6 Å². The number of rotatable bonds is 1. The zero-order valence-corrected chi connectivity index (χ0v) is 8.80. The first kappa shape index (κ1) is 10.2. The van der Waals surface area contributed by atoms with Gasteiger partial charge in [0, 0.05) is 0 Å². The van der Waals surface area contributed by atoms with Gasteiger partial charge in [-0.1, -0.05) is 28.4 Å². The van der Waals surface area contributed by atoms with Gasteiger partial charge in [0.05, 0.1) is 21.9 Å².